The Balaban J connectivity index is 1.57. The summed E-state index contributed by atoms with van der Waals surface area (Å²) in [5, 5.41) is 0. The van der Waals surface area contributed by atoms with Gasteiger partial charge in [-0.3, -0.25) is 20.4 Å². The topological polar surface area (TPSA) is 72.4 Å². The third-order valence-electron chi connectivity index (χ3n) is 3.46. The van der Waals surface area contributed by atoms with Gasteiger partial charge >= 0.3 is 0 Å². The van der Waals surface area contributed by atoms with Crippen LogP contribution >= 0.6 is 0 Å². The first kappa shape index (κ1) is 16.3. The van der Waals surface area contributed by atoms with Crippen LogP contribution in [-0.4, -0.2) is 23.0 Å². The molecule has 126 valence electrons. The van der Waals surface area contributed by atoms with Gasteiger partial charge < -0.3 is 9.30 Å². The van der Waals surface area contributed by atoms with Crippen LogP contribution in [0.3, 0.4) is 0 Å². The lowest BCUT2D eigenvalue weighted by Crippen LogP contribution is -2.44. The fourth-order valence-electron chi connectivity index (χ4n) is 2.28. The highest BCUT2D eigenvalue weighted by molar-refractivity contribution is 5.98. The van der Waals surface area contributed by atoms with E-state index in [0.717, 1.165) is 5.69 Å². The summed E-state index contributed by atoms with van der Waals surface area (Å²) in [6, 6.07) is 19.9. The maximum Gasteiger partial charge on any atom is 0.276 e. The van der Waals surface area contributed by atoms with Crippen molar-refractivity contribution in [2.75, 3.05) is 6.61 Å². The van der Waals surface area contributed by atoms with Crippen LogP contribution in [0.25, 0.3) is 5.69 Å². The van der Waals surface area contributed by atoms with Gasteiger partial charge in [0.15, 0.2) is 6.61 Å². The summed E-state index contributed by atoms with van der Waals surface area (Å²) in [5.74, 6) is -0.269. The summed E-state index contributed by atoms with van der Waals surface area (Å²) in [6.07, 6.45) is 3.69. The van der Waals surface area contributed by atoms with Gasteiger partial charge in [-0.15, -0.1) is 0 Å². The fourth-order valence-corrected chi connectivity index (χ4v) is 2.28. The molecule has 0 aliphatic heterocycles. The van der Waals surface area contributed by atoms with Crippen molar-refractivity contribution in [3.8, 4) is 11.4 Å². The van der Waals surface area contributed by atoms with E-state index in [1.54, 1.807) is 24.3 Å². The van der Waals surface area contributed by atoms with E-state index in [-0.39, 0.29) is 6.61 Å². The first-order valence-corrected chi connectivity index (χ1v) is 7.73. The minimum absolute atomic E-state index is 0.191. The molecular weight excluding hydrogens is 318 g/mol. The molecule has 0 atom stereocenters. The number of para-hydroxylation sites is 2. The number of carbonyl (C=O) groups is 2. The molecule has 2 amide bonds. The highest BCUT2D eigenvalue weighted by Crippen LogP contribution is 2.14. The van der Waals surface area contributed by atoms with E-state index in [9.17, 15) is 9.59 Å². The molecule has 3 aromatic rings. The third-order valence-corrected chi connectivity index (χ3v) is 3.46. The predicted molar refractivity (Wildman–Crippen MR) is 93.3 cm³/mol. The second-order valence-corrected chi connectivity index (χ2v) is 5.21. The van der Waals surface area contributed by atoms with Gasteiger partial charge in [-0.25, -0.2) is 0 Å². The number of aromatic nitrogens is 1. The number of hydrogen-bond donors (Lipinski definition) is 2. The Morgan fingerprint density at radius 1 is 0.840 bits per heavy atom. The standard InChI is InChI=1S/C19H17N3O3/c23-18(14-25-15-8-2-1-3-9-15)20-21-19(24)16-10-4-5-11-17(16)22-12-6-7-13-22/h1-13H,14H2,(H,20,23)(H,21,24). The van der Waals surface area contributed by atoms with Crippen molar-refractivity contribution in [1.82, 2.24) is 15.4 Å². The van der Waals surface area contributed by atoms with Crippen molar-refractivity contribution < 1.29 is 14.3 Å². The maximum atomic E-state index is 12.4. The van der Waals surface area contributed by atoms with Gasteiger partial charge in [0, 0.05) is 12.4 Å². The fraction of sp³-hybridized carbons (Fsp3) is 0.0526. The van der Waals surface area contributed by atoms with Gasteiger partial charge in [0.25, 0.3) is 11.8 Å². The summed E-state index contributed by atoms with van der Waals surface area (Å²) in [6.45, 7) is -0.191. The molecule has 1 aromatic heterocycles. The van der Waals surface area contributed by atoms with Crippen LogP contribution < -0.4 is 15.6 Å². The molecule has 0 aliphatic rings. The number of hydrazine groups is 1. The molecule has 0 unspecified atom stereocenters. The highest BCUT2D eigenvalue weighted by atomic mass is 16.5. The molecule has 1 heterocycles. The van der Waals surface area contributed by atoms with Gasteiger partial charge in [0.2, 0.25) is 0 Å². The molecular formula is C19H17N3O3. The molecule has 3 rings (SSSR count). The molecule has 0 bridgehead atoms. The molecule has 0 saturated carbocycles. The van der Waals surface area contributed by atoms with Crippen LogP contribution in [0.4, 0.5) is 0 Å². The second-order valence-electron chi connectivity index (χ2n) is 5.21. The number of carbonyl (C=O) groups excluding carboxylic acids is 2. The summed E-state index contributed by atoms with van der Waals surface area (Å²) < 4.78 is 7.15. The number of hydrogen-bond acceptors (Lipinski definition) is 3. The zero-order valence-electron chi connectivity index (χ0n) is 13.4. The van der Waals surface area contributed by atoms with E-state index in [1.165, 1.54) is 0 Å². The SMILES string of the molecule is O=C(COc1ccccc1)NNC(=O)c1ccccc1-n1cccc1. The lowest BCUT2D eigenvalue weighted by Gasteiger charge is -2.12. The van der Waals surface area contributed by atoms with E-state index in [0.29, 0.717) is 11.3 Å². The van der Waals surface area contributed by atoms with Gasteiger partial charge in [-0.2, -0.15) is 0 Å². The van der Waals surface area contributed by atoms with E-state index in [4.69, 9.17) is 4.74 Å². The van der Waals surface area contributed by atoms with Crippen molar-refractivity contribution in [1.29, 1.82) is 0 Å². The number of nitrogens with zero attached hydrogens (tertiary/aromatic N) is 1. The lowest BCUT2D eigenvalue weighted by molar-refractivity contribution is -0.123. The first-order valence-electron chi connectivity index (χ1n) is 7.73. The Morgan fingerprint density at radius 3 is 2.28 bits per heavy atom. The summed E-state index contributed by atoms with van der Waals surface area (Å²) >= 11 is 0. The molecule has 0 saturated heterocycles. The molecule has 2 N–H and O–H groups in total. The van der Waals surface area contributed by atoms with Crippen LogP contribution in [0.1, 0.15) is 10.4 Å². The number of ether oxygens (including phenoxy) is 1. The molecule has 0 fully saturated rings. The van der Waals surface area contributed by atoms with Crippen LogP contribution in [0.2, 0.25) is 0 Å². The number of nitrogens with one attached hydrogen (secondary N) is 2. The van der Waals surface area contributed by atoms with E-state index in [2.05, 4.69) is 10.9 Å². The second kappa shape index (κ2) is 7.83. The molecule has 6 nitrogen and oxygen atoms in total. The summed E-state index contributed by atoms with van der Waals surface area (Å²) in [5.41, 5.74) is 5.93. The summed E-state index contributed by atoms with van der Waals surface area (Å²) in [4.78, 5) is 24.2. The van der Waals surface area contributed by atoms with Crippen molar-refractivity contribution in [2.24, 2.45) is 0 Å². The summed E-state index contributed by atoms with van der Waals surface area (Å²) in [7, 11) is 0. The quantitative estimate of drug-likeness (QED) is 0.703. The highest BCUT2D eigenvalue weighted by Gasteiger charge is 2.12. The molecule has 25 heavy (non-hydrogen) atoms. The number of rotatable bonds is 5. The smallest absolute Gasteiger partial charge is 0.276 e. The predicted octanol–water partition coefficient (Wildman–Crippen LogP) is 2.32. The molecule has 0 spiro atoms. The largest absolute Gasteiger partial charge is 0.484 e. The Bertz CT molecular complexity index is 845. The normalized spacial score (nSPS) is 10.1. The van der Waals surface area contributed by atoms with E-state index < -0.39 is 11.8 Å². The van der Waals surface area contributed by atoms with Gasteiger partial charge in [-0.1, -0.05) is 30.3 Å². The zero-order chi connectivity index (χ0) is 17.5. The van der Waals surface area contributed by atoms with Crippen LogP contribution in [0, 0.1) is 0 Å². The molecule has 2 aromatic carbocycles. The minimum atomic E-state index is -0.448. The van der Waals surface area contributed by atoms with Gasteiger partial charge in [0.05, 0.1) is 11.3 Å². The molecule has 6 heteroatoms. The van der Waals surface area contributed by atoms with Gasteiger partial charge in [0.1, 0.15) is 5.75 Å². The van der Waals surface area contributed by atoms with Crippen LogP contribution in [-0.2, 0) is 4.79 Å². The maximum absolute atomic E-state index is 12.4. The van der Waals surface area contributed by atoms with E-state index in [1.807, 2.05) is 59.4 Å². The average Bonchev–Trinajstić information content (AvgIpc) is 3.20. The Kier molecular flexibility index (Phi) is 5.11. The Morgan fingerprint density at radius 2 is 1.52 bits per heavy atom. The first-order chi connectivity index (χ1) is 12.2. The lowest BCUT2D eigenvalue weighted by atomic mass is 10.1. The zero-order valence-corrected chi connectivity index (χ0v) is 13.4. The van der Waals surface area contributed by atoms with Crippen molar-refractivity contribution in [3.05, 3.63) is 84.7 Å². The van der Waals surface area contributed by atoms with Crippen LogP contribution in [0.5, 0.6) is 5.75 Å². The molecule has 0 radical (unpaired) electrons. The van der Waals surface area contributed by atoms with E-state index >= 15 is 0 Å². The Hall–Kier alpha value is -3.54. The monoisotopic (exact) mass is 335 g/mol. The molecule has 0 aliphatic carbocycles. The number of benzene rings is 2. The number of amides is 2. The van der Waals surface area contributed by atoms with Crippen molar-refractivity contribution >= 4 is 11.8 Å². The minimum Gasteiger partial charge on any atom is -0.484 e. The average molecular weight is 335 g/mol. The third kappa shape index (κ3) is 4.26. The van der Waals surface area contributed by atoms with Crippen molar-refractivity contribution in [3.63, 3.8) is 0 Å². The van der Waals surface area contributed by atoms with Gasteiger partial charge in [-0.05, 0) is 36.4 Å². The van der Waals surface area contributed by atoms with Crippen LogP contribution in [0.15, 0.2) is 79.1 Å². The Labute approximate surface area is 145 Å². The van der Waals surface area contributed by atoms with Crippen molar-refractivity contribution in [2.45, 2.75) is 0 Å².